The second-order valence-corrected chi connectivity index (χ2v) is 6.72. The zero-order valence-electron chi connectivity index (χ0n) is 16.4. The van der Waals surface area contributed by atoms with Gasteiger partial charge in [-0.3, -0.25) is 0 Å². The summed E-state index contributed by atoms with van der Waals surface area (Å²) in [5, 5.41) is 11.8. The van der Waals surface area contributed by atoms with Gasteiger partial charge in [-0.05, 0) is 28.8 Å². The van der Waals surface area contributed by atoms with Gasteiger partial charge in [0.2, 0.25) is 0 Å². The maximum absolute atomic E-state index is 12.0. The highest BCUT2D eigenvalue weighted by atomic mass is 16.5. The van der Waals surface area contributed by atoms with Gasteiger partial charge in [-0.25, -0.2) is 9.59 Å². The van der Waals surface area contributed by atoms with Gasteiger partial charge < -0.3 is 19.9 Å². The van der Waals surface area contributed by atoms with E-state index in [-0.39, 0.29) is 13.0 Å². The summed E-state index contributed by atoms with van der Waals surface area (Å²) in [6.45, 7) is 0.527. The Labute approximate surface area is 175 Å². The Bertz CT molecular complexity index is 942. The molecule has 6 heteroatoms. The number of carboxylic acid groups (broad SMARTS) is 1. The first kappa shape index (κ1) is 20.9. The van der Waals surface area contributed by atoms with Crippen molar-refractivity contribution in [2.75, 3.05) is 0 Å². The van der Waals surface area contributed by atoms with Gasteiger partial charge in [-0.1, -0.05) is 72.8 Å². The number of rotatable bonds is 9. The summed E-state index contributed by atoms with van der Waals surface area (Å²) in [4.78, 5) is 23.5. The Morgan fingerprint density at radius 1 is 0.767 bits per heavy atom. The van der Waals surface area contributed by atoms with E-state index in [0.717, 1.165) is 16.7 Å². The first-order chi connectivity index (χ1) is 14.6. The molecule has 2 N–H and O–H groups in total. The van der Waals surface area contributed by atoms with E-state index >= 15 is 0 Å². The van der Waals surface area contributed by atoms with Crippen LogP contribution >= 0.6 is 0 Å². The highest BCUT2D eigenvalue weighted by molar-refractivity contribution is 5.80. The molecule has 30 heavy (non-hydrogen) atoms. The van der Waals surface area contributed by atoms with Crippen molar-refractivity contribution in [2.45, 2.75) is 25.7 Å². The van der Waals surface area contributed by atoms with E-state index in [1.807, 2.05) is 60.7 Å². The van der Waals surface area contributed by atoms with E-state index in [4.69, 9.17) is 9.47 Å². The number of carboxylic acids is 1. The second kappa shape index (κ2) is 10.7. The molecule has 0 fully saturated rings. The molecule has 1 atom stereocenters. The lowest BCUT2D eigenvalue weighted by atomic mass is 10.1. The predicted molar refractivity (Wildman–Crippen MR) is 112 cm³/mol. The number of ether oxygens (including phenoxy) is 2. The van der Waals surface area contributed by atoms with Crippen LogP contribution in [0.5, 0.6) is 5.75 Å². The summed E-state index contributed by atoms with van der Waals surface area (Å²) in [6.07, 6.45) is -0.636. The molecular weight excluding hydrogens is 382 g/mol. The van der Waals surface area contributed by atoms with Crippen molar-refractivity contribution in [2.24, 2.45) is 0 Å². The Kier molecular flexibility index (Phi) is 7.44. The number of hydrogen-bond donors (Lipinski definition) is 2. The summed E-state index contributed by atoms with van der Waals surface area (Å²) < 4.78 is 10.8. The Balaban J connectivity index is 1.50. The molecule has 6 nitrogen and oxygen atoms in total. The number of hydrogen-bond acceptors (Lipinski definition) is 4. The highest BCUT2D eigenvalue weighted by Crippen LogP contribution is 2.15. The van der Waals surface area contributed by atoms with Crippen LogP contribution in [-0.2, 0) is 29.2 Å². The topological polar surface area (TPSA) is 84.9 Å². The van der Waals surface area contributed by atoms with E-state index in [2.05, 4.69) is 5.32 Å². The molecule has 1 amide bonds. The van der Waals surface area contributed by atoms with Crippen LogP contribution in [0.15, 0.2) is 84.9 Å². The lowest BCUT2D eigenvalue weighted by Crippen LogP contribution is -2.42. The van der Waals surface area contributed by atoms with Crippen LogP contribution in [0, 0.1) is 0 Å². The number of carbonyl (C=O) groups is 2. The van der Waals surface area contributed by atoms with Gasteiger partial charge in [-0.2, -0.15) is 0 Å². The van der Waals surface area contributed by atoms with Crippen LogP contribution < -0.4 is 10.1 Å². The number of carbonyl (C=O) groups excluding carboxylic acids is 1. The Morgan fingerprint density at radius 2 is 1.33 bits per heavy atom. The standard InChI is InChI=1S/C24H23NO5/c26-23(27)22(25-24(28)30-17-20-9-5-2-6-10-20)15-18-11-13-21(14-12-18)29-16-19-7-3-1-4-8-19/h1-14,22H,15-17H2,(H,25,28)(H,26,27)/t22-/m0/s1. The van der Waals surface area contributed by atoms with Crippen molar-refractivity contribution in [1.29, 1.82) is 0 Å². The molecule has 0 radical (unpaired) electrons. The third kappa shape index (κ3) is 6.67. The minimum Gasteiger partial charge on any atom is -0.489 e. The van der Waals surface area contributed by atoms with E-state index in [1.165, 1.54) is 0 Å². The first-order valence-corrected chi connectivity index (χ1v) is 9.56. The van der Waals surface area contributed by atoms with Crippen molar-refractivity contribution in [3.63, 3.8) is 0 Å². The normalized spacial score (nSPS) is 11.3. The quantitative estimate of drug-likeness (QED) is 0.558. The molecule has 0 saturated heterocycles. The highest BCUT2D eigenvalue weighted by Gasteiger charge is 2.21. The van der Waals surface area contributed by atoms with Gasteiger partial charge in [0.05, 0.1) is 0 Å². The minimum absolute atomic E-state index is 0.0759. The van der Waals surface area contributed by atoms with Gasteiger partial charge in [0, 0.05) is 6.42 Å². The molecular formula is C24H23NO5. The van der Waals surface area contributed by atoms with E-state index < -0.39 is 18.1 Å². The Morgan fingerprint density at radius 3 is 1.90 bits per heavy atom. The molecule has 3 aromatic rings. The van der Waals surface area contributed by atoms with Crippen molar-refractivity contribution >= 4 is 12.1 Å². The van der Waals surface area contributed by atoms with Crippen molar-refractivity contribution in [1.82, 2.24) is 5.32 Å². The van der Waals surface area contributed by atoms with Crippen molar-refractivity contribution in [3.8, 4) is 5.75 Å². The smallest absolute Gasteiger partial charge is 0.408 e. The zero-order chi connectivity index (χ0) is 21.2. The summed E-state index contributed by atoms with van der Waals surface area (Å²) in [5.41, 5.74) is 2.65. The summed E-state index contributed by atoms with van der Waals surface area (Å²) in [5.74, 6) is -0.444. The molecule has 3 rings (SSSR count). The summed E-state index contributed by atoms with van der Waals surface area (Å²) in [7, 11) is 0. The second-order valence-electron chi connectivity index (χ2n) is 6.72. The first-order valence-electron chi connectivity index (χ1n) is 9.56. The number of aliphatic carboxylic acids is 1. The molecule has 0 aromatic heterocycles. The molecule has 0 aliphatic rings. The summed E-state index contributed by atoms with van der Waals surface area (Å²) >= 11 is 0. The fraction of sp³-hybridized carbons (Fsp3) is 0.167. The fourth-order valence-electron chi connectivity index (χ4n) is 2.81. The molecule has 154 valence electrons. The molecule has 3 aromatic carbocycles. The number of amides is 1. The monoisotopic (exact) mass is 405 g/mol. The molecule has 0 spiro atoms. The molecule has 0 heterocycles. The van der Waals surface area contributed by atoms with Gasteiger partial charge in [0.25, 0.3) is 0 Å². The lowest BCUT2D eigenvalue weighted by Gasteiger charge is -2.15. The number of nitrogens with one attached hydrogen (secondary N) is 1. The van der Waals surface area contributed by atoms with Gasteiger partial charge in [0.15, 0.2) is 0 Å². The van der Waals surface area contributed by atoms with Crippen LogP contribution in [0.2, 0.25) is 0 Å². The van der Waals surface area contributed by atoms with Gasteiger partial charge in [0.1, 0.15) is 25.0 Å². The largest absolute Gasteiger partial charge is 0.489 e. The van der Waals surface area contributed by atoms with Crippen LogP contribution in [-0.4, -0.2) is 23.2 Å². The third-order valence-electron chi connectivity index (χ3n) is 4.41. The molecule has 0 aliphatic carbocycles. The van der Waals surface area contributed by atoms with Crippen molar-refractivity contribution < 1.29 is 24.2 Å². The average Bonchev–Trinajstić information content (AvgIpc) is 2.78. The Hall–Kier alpha value is -3.80. The van der Waals surface area contributed by atoms with Crippen LogP contribution in [0.3, 0.4) is 0 Å². The fourth-order valence-corrected chi connectivity index (χ4v) is 2.81. The SMILES string of the molecule is O=C(N[C@@H](Cc1ccc(OCc2ccccc2)cc1)C(=O)O)OCc1ccccc1. The molecule has 0 saturated carbocycles. The van der Waals surface area contributed by atoms with E-state index in [9.17, 15) is 14.7 Å². The van der Waals surface area contributed by atoms with Gasteiger partial charge >= 0.3 is 12.1 Å². The van der Waals surface area contributed by atoms with Gasteiger partial charge in [-0.15, -0.1) is 0 Å². The van der Waals surface area contributed by atoms with E-state index in [1.54, 1.807) is 24.3 Å². The minimum atomic E-state index is -1.13. The average molecular weight is 405 g/mol. The van der Waals surface area contributed by atoms with Crippen LogP contribution in [0.1, 0.15) is 16.7 Å². The predicted octanol–water partition coefficient (Wildman–Crippen LogP) is 4.19. The van der Waals surface area contributed by atoms with Crippen LogP contribution in [0.25, 0.3) is 0 Å². The third-order valence-corrected chi connectivity index (χ3v) is 4.41. The lowest BCUT2D eigenvalue weighted by molar-refractivity contribution is -0.139. The molecule has 0 bridgehead atoms. The maximum Gasteiger partial charge on any atom is 0.408 e. The van der Waals surface area contributed by atoms with E-state index in [0.29, 0.717) is 12.4 Å². The molecule has 0 aliphatic heterocycles. The summed E-state index contributed by atoms with van der Waals surface area (Å²) in [6, 6.07) is 25.0. The zero-order valence-corrected chi connectivity index (χ0v) is 16.4. The number of benzene rings is 3. The van der Waals surface area contributed by atoms with Crippen molar-refractivity contribution in [3.05, 3.63) is 102 Å². The van der Waals surface area contributed by atoms with Crippen LogP contribution in [0.4, 0.5) is 4.79 Å². The maximum atomic E-state index is 12.0. The molecule has 0 unspecified atom stereocenters. The number of alkyl carbamates (subject to hydrolysis) is 1.